The minimum Gasteiger partial charge on any atom is -0.360 e. The van der Waals surface area contributed by atoms with Gasteiger partial charge in [-0.25, -0.2) is 0 Å². The molecule has 4 heteroatoms. The minimum atomic E-state index is 0.0139. The molecule has 0 saturated carbocycles. The van der Waals surface area contributed by atoms with E-state index in [-0.39, 0.29) is 11.6 Å². The second-order valence-corrected chi connectivity index (χ2v) is 6.62. The van der Waals surface area contributed by atoms with Crippen molar-refractivity contribution in [2.75, 3.05) is 18.0 Å². The molecule has 1 aliphatic rings. The van der Waals surface area contributed by atoms with E-state index in [4.69, 9.17) is 5.26 Å². The van der Waals surface area contributed by atoms with Crippen molar-refractivity contribution in [2.45, 2.75) is 38.8 Å². The lowest BCUT2D eigenvalue weighted by Gasteiger charge is -2.49. The first-order valence-electron chi connectivity index (χ1n) is 6.59. The van der Waals surface area contributed by atoms with Gasteiger partial charge in [-0.3, -0.25) is 0 Å². The summed E-state index contributed by atoms with van der Waals surface area (Å²) in [5, 5.41) is 12.5. The number of hydrogen-bond donors (Lipinski definition) is 1. The molecule has 19 heavy (non-hydrogen) atoms. The minimum absolute atomic E-state index is 0.0139. The number of rotatable bonds is 2. The highest BCUT2D eigenvalue weighted by Crippen LogP contribution is 2.32. The largest absolute Gasteiger partial charge is 0.360 e. The lowest BCUT2D eigenvalue weighted by molar-refractivity contribution is 0.324. The van der Waals surface area contributed by atoms with Crippen LogP contribution in [-0.2, 0) is 0 Å². The van der Waals surface area contributed by atoms with E-state index in [1.807, 2.05) is 0 Å². The van der Waals surface area contributed by atoms with E-state index >= 15 is 0 Å². The Bertz CT molecular complexity index is 505. The maximum absolute atomic E-state index is 9.04. The highest BCUT2D eigenvalue weighted by molar-refractivity contribution is 9.10. The molecule has 3 nitrogen and oxygen atoms in total. The first-order chi connectivity index (χ1) is 8.95. The van der Waals surface area contributed by atoms with Gasteiger partial charge < -0.3 is 10.2 Å². The van der Waals surface area contributed by atoms with Crippen LogP contribution in [0.3, 0.4) is 0 Å². The van der Waals surface area contributed by atoms with Gasteiger partial charge in [-0.1, -0.05) is 15.9 Å². The average Bonchev–Trinajstić information content (AvgIpc) is 2.33. The number of nitrogens with zero attached hydrogens (tertiary/aromatic N) is 2. The van der Waals surface area contributed by atoms with Gasteiger partial charge in [0.2, 0.25) is 0 Å². The van der Waals surface area contributed by atoms with Crippen molar-refractivity contribution in [2.24, 2.45) is 0 Å². The van der Waals surface area contributed by atoms with E-state index in [9.17, 15) is 0 Å². The third kappa shape index (κ3) is 2.93. The summed E-state index contributed by atoms with van der Waals surface area (Å²) in [6, 6.07) is 8.96. The van der Waals surface area contributed by atoms with Crippen LogP contribution in [0.15, 0.2) is 22.7 Å². The molecule has 1 fully saturated rings. The summed E-state index contributed by atoms with van der Waals surface area (Å²) in [6.07, 6.45) is 0.547. The molecule has 102 valence electrons. The van der Waals surface area contributed by atoms with E-state index in [1.165, 1.54) is 11.3 Å². The summed E-state index contributed by atoms with van der Waals surface area (Å²) in [4.78, 5) is 2.40. The van der Waals surface area contributed by atoms with Crippen molar-refractivity contribution in [1.29, 1.82) is 5.26 Å². The fourth-order valence-corrected chi connectivity index (χ4v) is 3.07. The summed E-state index contributed by atoms with van der Waals surface area (Å²) < 4.78 is 1.13. The summed E-state index contributed by atoms with van der Waals surface area (Å²) in [6.45, 7) is 8.35. The van der Waals surface area contributed by atoms with Gasteiger partial charge in [0.1, 0.15) is 0 Å². The number of nitrogens with one attached hydrogen (secondary N) is 1. The van der Waals surface area contributed by atoms with Crippen LogP contribution in [0.4, 0.5) is 5.69 Å². The van der Waals surface area contributed by atoms with Crippen LogP contribution < -0.4 is 10.2 Å². The van der Waals surface area contributed by atoms with Gasteiger partial charge in [0.25, 0.3) is 0 Å². The van der Waals surface area contributed by atoms with Gasteiger partial charge in [0.15, 0.2) is 0 Å². The van der Waals surface area contributed by atoms with Crippen LogP contribution in [0.2, 0.25) is 0 Å². The molecule has 1 aromatic rings. The van der Waals surface area contributed by atoms with E-state index < -0.39 is 0 Å². The molecule has 0 aromatic heterocycles. The molecule has 2 rings (SSSR count). The molecule has 1 heterocycles. The van der Waals surface area contributed by atoms with Crippen LogP contribution in [0.1, 0.15) is 25.8 Å². The Morgan fingerprint density at radius 3 is 2.89 bits per heavy atom. The van der Waals surface area contributed by atoms with Crippen LogP contribution in [0.25, 0.3) is 0 Å². The van der Waals surface area contributed by atoms with Crippen LogP contribution in [0, 0.1) is 18.3 Å². The third-order valence-electron chi connectivity index (χ3n) is 3.70. The molecule has 1 saturated heterocycles. The van der Waals surface area contributed by atoms with E-state index in [2.05, 4.69) is 71.2 Å². The lowest BCUT2D eigenvalue weighted by atomic mass is 9.93. The lowest BCUT2D eigenvalue weighted by Crippen LogP contribution is -2.63. The number of nitriles is 1. The van der Waals surface area contributed by atoms with E-state index in [0.717, 1.165) is 17.6 Å². The predicted molar refractivity (Wildman–Crippen MR) is 82.3 cm³/mol. The predicted octanol–water partition coefficient (Wildman–Crippen LogP) is 3.23. The van der Waals surface area contributed by atoms with Crippen molar-refractivity contribution in [1.82, 2.24) is 5.32 Å². The maximum atomic E-state index is 9.04. The van der Waals surface area contributed by atoms with Crippen molar-refractivity contribution >= 4 is 21.6 Å². The Labute approximate surface area is 123 Å². The Hall–Kier alpha value is -1.05. The van der Waals surface area contributed by atoms with Crippen molar-refractivity contribution < 1.29 is 0 Å². The van der Waals surface area contributed by atoms with Gasteiger partial charge in [-0.05, 0) is 44.5 Å². The fraction of sp³-hybridized carbons (Fsp3) is 0.533. The summed E-state index contributed by atoms with van der Waals surface area (Å²) in [7, 11) is 0. The molecule has 1 aromatic carbocycles. The quantitative estimate of drug-likeness (QED) is 0.909. The van der Waals surface area contributed by atoms with Gasteiger partial charge in [-0.15, -0.1) is 0 Å². The third-order valence-corrected chi connectivity index (χ3v) is 4.59. The van der Waals surface area contributed by atoms with Gasteiger partial charge in [-0.2, -0.15) is 5.26 Å². The molecule has 0 aliphatic carbocycles. The second kappa shape index (κ2) is 5.52. The Morgan fingerprint density at radius 2 is 2.26 bits per heavy atom. The zero-order valence-electron chi connectivity index (χ0n) is 11.7. The van der Waals surface area contributed by atoms with Gasteiger partial charge in [0, 0.05) is 28.8 Å². The van der Waals surface area contributed by atoms with E-state index in [0.29, 0.717) is 6.42 Å². The highest BCUT2D eigenvalue weighted by atomic mass is 79.9. The molecule has 0 amide bonds. The number of anilines is 1. The second-order valence-electron chi connectivity index (χ2n) is 5.76. The van der Waals surface area contributed by atoms with Crippen molar-refractivity contribution in [3.05, 3.63) is 28.2 Å². The SMILES string of the molecule is Cc1cc(N2C(CC#N)CNCC2(C)C)ccc1Br. The molecule has 1 aliphatic heterocycles. The summed E-state index contributed by atoms with van der Waals surface area (Å²) in [5.41, 5.74) is 2.44. The molecule has 0 bridgehead atoms. The number of piperazine rings is 1. The smallest absolute Gasteiger partial charge is 0.0643 e. The molecule has 0 radical (unpaired) electrons. The zero-order valence-corrected chi connectivity index (χ0v) is 13.3. The summed E-state index contributed by atoms with van der Waals surface area (Å²) >= 11 is 3.54. The maximum Gasteiger partial charge on any atom is 0.0643 e. The van der Waals surface area contributed by atoms with Crippen LogP contribution >= 0.6 is 15.9 Å². The standard InChI is InChI=1S/C15H20BrN3/c1-11-8-12(4-5-14(11)16)19-13(6-7-17)9-18-10-15(19,2)3/h4-5,8,13,18H,6,9-10H2,1-3H3. The zero-order chi connectivity index (χ0) is 14.0. The number of hydrogen-bond acceptors (Lipinski definition) is 3. The Balaban J connectivity index is 2.40. The van der Waals surface area contributed by atoms with Crippen LogP contribution in [-0.4, -0.2) is 24.7 Å². The molecular weight excluding hydrogens is 302 g/mol. The number of benzene rings is 1. The fourth-order valence-electron chi connectivity index (χ4n) is 2.82. The molecular formula is C15H20BrN3. The molecule has 0 spiro atoms. The van der Waals surface area contributed by atoms with Gasteiger partial charge >= 0.3 is 0 Å². The molecule has 1 atom stereocenters. The van der Waals surface area contributed by atoms with Gasteiger partial charge in [0.05, 0.1) is 18.5 Å². The Morgan fingerprint density at radius 1 is 1.53 bits per heavy atom. The highest BCUT2D eigenvalue weighted by Gasteiger charge is 2.36. The van der Waals surface area contributed by atoms with Crippen LogP contribution in [0.5, 0.6) is 0 Å². The van der Waals surface area contributed by atoms with Crippen molar-refractivity contribution in [3.8, 4) is 6.07 Å². The number of aryl methyl sites for hydroxylation is 1. The number of halogens is 1. The average molecular weight is 322 g/mol. The molecule has 1 N–H and O–H groups in total. The monoisotopic (exact) mass is 321 g/mol. The topological polar surface area (TPSA) is 39.1 Å². The van der Waals surface area contributed by atoms with E-state index in [1.54, 1.807) is 0 Å². The Kier molecular flexibility index (Phi) is 4.17. The summed E-state index contributed by atoms with van der Waals surface area (Å²) in [5.74, 6) is 0. The first kappa shape index (κ1) is 14.4. The normalized spacial score (nSPS) is 22.1. The van der Waals surface area contributed by atoms with Crippen molar-refractivity contribution in [3.63, 3.8) is 0 Å². The first-order valence-corrected chi connectivity index (χ1v) is 7.38. The molecule has 1 unspecified atom stereocenters.